The molecular formula is C15H17ClN2O4S2. The summed E-state index contributed by atoms with van der Waals surface area (Å²) in [5.41, 5.74) is 3.74. The van der Waals surface area contributed by atoms with Gasteiger partial charge in [0.2, 0.25) is 0 Å². The number of halogens is 1. The second kappa shape index (κ2) is 7.52. The van der Waals surface area contributed by atoms with Gasteiger partial charge in [-0.3, -0.25) is 10.2 Å². The minimum absolute atomic E-state index is 0.112. The van der Waals surface area contributed by atoms with E-state index in [2.05, 4.69) is 5.43 Å². The highest BCUT2D eigenvalue weighted by atomic mass is 35.5. The molecule has 0 saturated carbocycles. The predicted octanol–water partition coefficient (Wildman–Crippen LogP) is 2.80. The van der Waals surface area contributed by atoms with Gasteiger partial charge >= 0.3 is 0 Å². The maximum atomic E-state index is 12.1. The lowest BCUT2D eigenvalue weighted by Crippen LogP contribution is -2.47. The van der Waals surface area contributed by atoms with E-state index >= 15 is 0 Å². The summed E-state index contributed by atoms with van der Waals surface area (Å²) >= 11 is 7.01. The SMILES string of the molecule is Cc1cc(Cl)cc(C)c1O[C@@H](C)C(=O)NNS(=O)(=O)c1cccs1. The Bertz CT molecular complexity index is 812. The lowest BCUT2D eigenvalue weighted by Gasteiger charge is -2.18. The summed E-state index contributed by atoms with van der Waals surface area (Å²) in [4.78, 5) is 14.1. The molecule has 2 rings (SSSR count). The first-order valence-electron chi connectivity index (χ1n) is 6.99. The van der Waals surface area contributed by atoms with Crippen molar-refractivity contribution in [3.05, 3.63) is 45.8 Å². The standard InChI is InChI=1S/C15H17ClN2O4S2/c1-9-7-12(16)8-10(2)14(9)22-11(3)15(19)17-18-24(20,21)13-5-4-6-23-13/h4-8,11,18H,1-3H3,(H,17,19)/t11-/m0/s1. The van der Waals surface area contributed by atoms with Crippen LogP contribution < -0.4 is 15.0 Å². The third-order valence-electron chi connectivity index (χ3n) is 3.16. The largest absolute Gasteiger partial charge is 0.480 e. The van der Waals surface area contributed by atoms with Gasteiger partial charge in [0, 0.05) is 5.02 Å². The highest BCUT2D eigenvalue weighted by molar-refractivity contribution is 7.91. The van der Waals surface area contributed by atoms with E-state index in [0.29, 0.717) is 10.8 Å². The van der Waals surface area contributed by atoms with Crippen LogP contribution in [0.1, 0.15) is 18.1 Å². The molecule has 1 atom stereocenters. The van der Waals surface area contributed by atoms with E-state index in [-0.39, 0.29) is 4.21 Å². The molecule has 1 aromatic heterocycles. The normalized spacial score (nSPS) is 12.7. The lowest BCUT2D eigenvalue weighted by molar-refractivity contribution is -0.127. The predicted molar refractivity (Wildman–Crippen MR) is 93.8 cm³/mol. The van der Waals surface area contributed by atoms with E-state index in [1.807, 2.05) is 18.7 Å². The quantitative estimate of drug-likeness (QED) is 0.745. The lowest BCUT2D eigenvalue weighted by atomic mass is 10.1. The molecule has 0 aliphatic heterocycles. The molecule has 0 fully saturated rings. The molecule has 1 heterocycles. The van der Waals surface area contributed by atoms with E-state index in [4.69, 9.17) is 16.3 Å². The number of sulfonamides is 1. The Morgan fingerprint density at radius 1 is 1.29 bits per heavy atom. The average molecular weight is 389 g/mol. The fourth-order valence-corrected chi connectivity index (χ4v) is 4.17. The third kappa shape index (κ3) is 4.47. The molecule has 0 aliphatic carbocycles. The number of benzene rings is 1. The van der Waals surface area contributed by atoms with Crippen LogP contribution in [-0.4, -0.2) is 20.4 Å². The smallest absolute Gasteiger partial charge is 0.275 e. The Morgan fingerprint density at radius 3 is 2.46 bits per heavy atom. The Kier molecular flexibility index (Phi) is 5.87. The molecule has 6 nitrogen and oxygen atoms in total. The number of hydrogen-bond donors (Lipinski definition) is 2. The van der Waals surface area contributed by atoms with Gasteiger partial charge in [-0.15, -0.1) is 16.2 Å². The van der Waals surface area contributed by atoms with Crippen molar-refractivity contribution in [2.75, 3.05) is 0 Å². The molecule has 2 aromatic rings. The monoisotopic (exact) mass is 388 g/mol. The summed E-state index contributed by atoms with van der Waals surface area (Å²) in [6.45, 7) is 5.17. The summed E-state index contributed by atoms with van der Waals surface area (Å²) in [7, 11) is -3.78. The third-order valence-corrected chi connectivity index (χ3v) is 6.02. The number of aryl methyl sites for hydroxylation is 2. The van der Waals surface area contributed by atoms with Crippen molar-refractivity contribution in [3.8, 4) is 5.75 Å². The molecule has 24 heavy (non-hydrogen) atoms. The van der Waals surface area contributed by atoms with E-state index in [0.717, 1.165) is 22.5 Å². The van der Waals surface area contributed by atoms with Gasteiger partial charge < -0.3 is 4.74 Å². The molecule has 1 amide bonds. The zero-order valence-electron chi connectivity index (χ0n) is 13.3. The molecule has 0 unspecified atom stereocenters. The molecule has 0 spiro atoms. The molecule has 0 radical (unpaired) electrons. The molecule has 2 N–H and O–H groups in total. The van der Waals surface area contributed by atoms with Gasteiger partial charge in [-0.05, 0) is 55.5 Å². The van der Waals surface area contributed by atoms with E-state index in [9.17, 15) is 13.2 Å². The van der Waals surface area contributed by atoms with Crippen molar-refractivity contribution in [3.63, 3.8) is 0 Å². The highest BCUT2D eigenvalue weighted by Crippen LogP contribution is 2.27. The summed E-state index contributed by atoms with van der Waals surface area (Å²) in [5, 5.41) is 2.21. The summed E-state index contributed by atoms with van der Waals surface area (Å²) < 4.78 is 29.7. The number of hydrazine groups is 1. The van der Waals surface area contributed by atoms with Crippen molar-refractivity contribution in [1.82, 2.24) is 10.3 Å². The van der Waals surface area contributed by atoms with Gasteiger partial charge in [-0.1, -0.05) is 17.7 Å². The molecule has 0 saturated heterocycles. The number of nitrogens with one attached hydrogen (secondary N) is 2. The molecular weight excluding hydrogens is 372 g/mol. The van der Waals surface area contributed by atoms with Crippen LogP contribution in [0.5, 0.6) is 5.75 Å². The number of thiophene rings is 1. The molecule has 0 aliphatic rings. The van der Waals surface area contributed by atoms with Crippen LogP contribution in [0.2, 0.25) is 5.02 Å². The number of amides is 1. The Balaban J connectivity index is 2.01. The minimum atomic E-state index is -3.78. The number of hydrogen-bond acceptors (Lipinski definition) is 5. The maximum absolute atomic E-state index is 12.1. The molecule has 130 valence electrons. The van der Waals surface area contributed by atoms with E-state index in [1.165, 1.54) is 13.0 Å². The first kappa shape index (κ1) is 18.7. The van der Waals surface area contributed by atoms with Gasteiger partial charge in [0.15, 0.2) is 6.10 Å². The van der Waals surface area contributed by atoms with Crippen molar-refractivity contribution in [2.24, 2.45) is 0 Å². The van der Waals surface area contributed by atoms with Crippen LogP contribution in [0.3, 0.4) is 0 Å². The van der Waals surface area contributed by atoms with Crippen LogP contribution in [-0.2, 0) is 14.8 Å². The molecule has 9 heteroatoms. The number of rotatable bonds is 6. The van der Waals surface area contributed by atoms with Crippen LogP contribution in [0.4, 0.5) is 0 Å². The van der Waals surface area contributed by atoms with Gasteiger partial charge in [0.05, 0.1) is 0 Å². The van der Waals surface area contributed by atoms with Gasteiger partial charge in [0.25, 0.3) is 15.9 Å². The second-order valence-corrected chi connectivity index (χ2v) is 8.45. The zero-order chi connectivity index (χ0) is 17.9. The maximum Gasteiger partial charge on any atom is 0.275 e. The Morgan fingerprint density at radius 2 is 1.92 bits per heavy atom. The fourth-order valence-electron chi connectivity index (χ4n) is 2.00. The van der Waals surface area contributed by atoms with Crippen LogP contribution in [0, 0.1) is 13.8 Å². The van der Waals surface area contributed by atoms with Crippen LogP contribution in [0.25, 0.3) is 0 Å². The first-order chi connectivity index (χ1) is 11.2. The van der Waals surface area contributed by atoms with Crippen molar-refractivity contribution in [1.29, 1.82) is 0 Å². The Labute approximate surface area is 149 Å². The summed E-state index contributed by atoms with van der Waals surface area (Å²) in [5.74, 6) is -0.0629. The number of carbonyl (C=O) groups excluding carboxylic acids is 1. The Hall–Kier alpha value is -1.61. The van der Waals surface area contributed by atoms with Gasteiger partial charge in [-0.2, -0.15) is 0 Å². The van der Waals surface area contributed by atoms with Crippen molar-refractivity contribution < 1.29 is 17.9 Å². The van der Waals surface area contributed by atoms with Crippen molar-refractivity contribution in [2.45, 2.75) is 31.1 Å². The zero-order valence-corrected chi connectivity index (χ0v) is 15.7. The fraction of sp³-hybridized carbons (Fsp3) is 0.267. The summed E-state index contributed by atoms with van der Waals surface area (Å²) in [6.07, 6.45) is -0.894. The van der Waals surface area contributed by atoms with Gasteiger partial charge in [-0.25, -0.2) is 8.42 Å². The highest BCUT2D eigenvalue weighted by Gasteiger charge is 2.21. The second-order valence-electron chi connectivity index (χ2n) is 5.16. The number of ether oxygens (including phenoxy) is 1. The first-order valence-corrected chi connectivity index (χ1v) is 9.73. The van der Waals surface area contributed by atoms with E-state index in [1.54, 1.807) is 23.6 Å². The van der Waals surface area contributed by atoms with Crippen LogP contribution >= 0.6 is 22.9 Å². The van der Waals surface area contributed by atoms with Crippen molar-refractivity contribution >= 4 is 38.9 Å². The van der Waals surface area contributed by atoms with Gasteiger partial charge in [0.1, 0.15) is 9.96 Å². The topological polar surface area (TPSA) is 84.5 Å². The molecule has 0 bridgehead atoms. The minimum Gasteiger partial charge on any atom is -0.480 e. The molecule has 1 aromatic carbocycles. The number of carbonyl (C=O) groups is 1. The van der Waals surface area contributed by atoms with E-state index < -0.39 is 22.0 Å². The summed E-state index contributed by atoms with van der Waals surface area (Å²) in [6, 6.07) is 6.51. The average Bonchev–Trinajstić information content (AvgIpc) is 3.03. The van der Waals surface area contributed by atoms with Crippen LogP contribution in [0.15, 0.2) is 33.9 Å².